The van der Waals surface area contributed by atoms with Crippen molar-refractivity contribution in [2.45, 2.75) is 32.7 Å². The first-order valence-corrected chi connectivity index (χ1v) is 7.40. The molecule has 0 heterocycles. The van der Waals surface area contributed by atoms with Crippen LogP contribution in [0.5, 0.6) is 0 Å². The minimum absolute atomic E-state index is 0.0203. The van der Waals surface area contributed by atoms with E-state index in [2.05, 4.69) is 10.3 Å². The first-order chi connectivity index (χ1) is 10.3. The molecule has 0 radical (unpaired) electrons. The van der Waals surface area contributed by atoms with Crippen molar-refractivity contribution >= 4 is 34.8 Å². The lowest BCUT2D eigenvalue weighted by molar-refractivity contribution is -0.119. The largest absolute Gasteiger partial charge is 0.386 e. The van der Waals surface area contributed by atoms with Crippen LogP contribution in [0.2, 0.25) is 0 Å². The van der Waals surface area contributed by atoms with Gasteiger partial charge in [0.2, 0.25) is 5.91 Å². The Morgan fingerprint density at radius 2 is 2.27 bits per heavy atom. The Labute approximate surface area is 132 Å². The van der Waals surface area contributed by atoms with Gasteiger partial charge in [0.25, 0.3) is 0 Å². The van der Waals surface area contributed by atoms with Gasteiger partial charge in [-0.1, -0.05) is 0 Å². The zero-order valence-electron chi connectivity index (χ0n) is 12.4. The van der Waals surface area contributed by atoms with Gasteiger partial charge in [-0.3, -0.25) is 9.59 Å². The Bertz CT molecular complexity index is 673. The van der Waals surface area contributed by atoms with Gasteiger partial charge in [0, 0.05) is 18.6 Å². The van der Waals surface area contributed by atoms with Crippen molar-refractivity contribution in [1.29, 1.82) is 0 Å². The Kier molecular flexibility index (Phi) is 4.81. The topological polar surface area (TPSA) is 84.6 Å². The summed E-state index contributed by atoms with van der Waals surface area (Å²) in [4.78, 5) is 27.9. The van der Waals surface area contributed by atoms with Crippen LogP contribution in [0.3, 0.4) is 0 Å². The first kappa shape index (κ1) is 16.4. The monoisotopic (exact) mass is 325 g/mol. The van der Waals surface area contributed by atoms with Gasteiger partial charge in [0.05, 0.1) is 17.6 Å². The summed E-state index contributed by atoms with van der Waals surface area (Å²) in [5.41, 5.74) is 7.12. The van der Waals surface area contributed by atoms with E-state index in [0.717, 1.165) is 0 Å². The minimum Gasteiger partial charge on any atom is -0.386 e. The average Bonchev–Trinajstić information content (AvgIpc) is 2.46. The molecule has 7 heteroatoms. The lowest BCUT2D eigenvalue weighted by Gasteiger charge is -2.26. The number of nitrogens with one attached hydrogen (secondary N) is 1. The van der Waals surface area contributed by atoms with Crippen LogP contribution in [0.15, 0.2) is 11.1 Å². The number of hydrogen-bond acceptors (Lipinski definition) is 3. The van der Waals surface area contributed by atoms with E-state index in [4.69, 9.17) is 17.3 Å². The van der Waals surface area contributed by atoms with Crippen LogP contribution in [0, 0.1) is 12.7 Å². The van der Waals surface area contributed by atoms with Crippen LogP contribution in [0.1, 0.15) is 34.8 Å². The second-order valence-corrected chi connectivity index (χ2v) is 5.52. The summed E-state index contributed by atoms with van der Waals surface area (Å²) in [5, 5.41) is 2.61. The number of aliphatic imine (C=N–C) groups is 1. The van der Waals surface area contributed by atoms with E-state index in [1.807, 2.05) is 0 Å². The maximum Gasteiger partial charge on any atom is 0.217 e. The number of benzene rings is 1. The van der Waals surface area contributed by atoms with Gasteiger partial charge < -0.3 is 11.1 Å². The van der Waals surface area contributed by atoms with Crippen LogP contribution >= 0.6 is 11.6 Å². The molecule has 1 aliphatic rings. The molecule has 1 aromatic carbocycles. The third kappa shape index (κ3) is 3.11. The minimum atomic E-state index is -0.624. The highest BCUT2D eigenvalue weighted by Crippen LogP contribution is 2.34. The molecule has 0 aromatic heterocycles. The van der Waals surface area contributed by atoms with Crippen molar-refractivity contribution in [3.63, 3.8) is 0 Å². The van der Waals surface area contributed by atoms with Crippen molar-refractivity contribution in [3.05, 3.63) is 28.6 Å². The number of rotatable bonds is 3. The van der Waals surface area contributed by atoms with Gasteiger partial charge in [-0.25, -0.2) is 9.38 Å². The highest BCUT2D eigenvalue weighted by molar-refractivity contribution is 6.28. The molecule has 1 unspecified atom stereocenters. The van der Waals surface area contributed by atoms with Gasteiger partial charge in [-0.2, -0.15) is 0 Å². The number of hydrogen-bond donors (Lipinski definition) is 2. The molecule has 0 aliphatic heterocycles. The number of nitrogens with two attached hydrogens (primary N) is 1. The number of amides is 1. The fraction of sp³-hybridized carbons (Fsp3) is 0.400. The predicted molar refractivity (Wildman–Crippen MR) is 83.4 cm³/mol. The van der Waals surface area contributed by atoms with Crippen LogP contribution in [-0.2, 0) is 11.2 Å². The van der Waals surface area contributed by atoms with Crippen molar-refractivity contribution in [2.24, 2.45) is 10.7 Å². The van der Waals surface area contributed by atoms with Gasteiger partial charge >= 0.3 is 0 Å². The molecule has 0 saturated carbocycles. The smallest absolute Gasteiger partial charge is 0.217 e. The van der Waals surface area contributed by atoms with E-state index >= 15 is 0 Å². The molecule has 5 nitrogen and oxygen atoms in total. The summed E-state index contributed by atoms with van der Waals surface area (Å²) in [6, 6.07) is 0.558. The van der Waals surface area contributed by atoms with E-state index in [1.165, 1.54) is 13.0 Å². The Morgan fingerprint density at radius 3 is 2.86 bits per heavy atom. The number of Topliss-reactive ketones (excluding diaryl/α,β-unsaturated/α-hetero) is 1. The third-order valence-electron chi connectivity index (χ3n) is 3.66. The number of alkyl halides is 1. The number of ketones is 1. The SMILES string of the molecule is CC(=O)NC1CCc2c(C)c(F)cc(N=C(N)CCl)c2C1=O. The number of nitrogens with zero attached hydrogens (tertiary/aromatic N) is 1. The Morgan fingerprint density at radius 1 is 1.59 bits per heavy atom. The van der Waals surface area contributed by atoms with Crippen molar-refractivity contribution in [2.75, 3.05) is 5.88 Å². The predicted octanol–water partition coefficient (Wildman–Crippen LogP) is 2.00. The second kappa shape index (κ2) is 6.44. The number of halogens is 2. The lowest BCUT2D eigenvalue weighted by Crippen LogP contribution is -2.42. The summed E-state index contributed by atoms with van der Waals surface area (Å²) in [6.45, 7) is 2.97. The van der Waals surface area contributed by atoms with E-state index in [0.29, 0.717) is 29.5 Å². The van der Waals surface area contributed by atoms with E-state index in [-0.39, 0.29) is 29.1 Å². The molecule has 0 bridgehead atoms. The average molecular weight is 326 g/mol. The van der Waals surface area contributed by atoms with Gasteiger partial charge in [-0.05, 0) is 30.9 Å². The maximum atomic E-state index is 14.0. The molecule has 1 atom stereocenters. The van der Waals surface area contributed by atoms with Gasteiger partial charge in [-0.15, -0.1) is 11.6 Å². The fourth-order valence-corrected chi connectivity index (χ4v) is 2.68. The second-order valence-electron chi connectivity index (χ2n) is 5.25. The molecule has 22 heavy (non-hydrogen) atoms. The summed E-state index contributed by atoms with van der Waals surface area (Å²) >= 11 is 5.60. The molecule has 1 aliphatic carbocycles. The van der Waals surface area contributed by atoms with Crippen LogP contribution in [-0.4, -0.2) is 29.4 Å². The van der Waals surface area contributed by atoms with Gasteiger partial charge in [0.1, 0.15) is 11.7 Å². The third-order valence-corrected chi connectivity index (χ3v) is 3.93. The normalized spacial score (nSPS) is 18.1. The highest BCUT2D eigenvalue weighted by Gasteiger charge is 2.32. The number of fused-ring (bicyclic) bond motifs is 1. The fourth-order valence-electron chi connectivity index (χ4n) is 2.62. The van der Waals surface area contributed by atoms with E-state index in [1.54, 1.807) is 6.92 Å². The van der Waals surface area contributed by atoms with Crippen molar-refractivity contribution in [1.82, 2.24) is 5.32 Å². The zero-order chi connectivity index (χ0) is 16.4. The first-order valence-electron chi connectivity index (χ1n) is 6.87. The molecule has 0 spiro atoms. The standard InChI is InChI=1S/C15H17ClFN3O2/c1-7-9-3-4-11(19-8(2)21)15(22)14(9)12(5-10(7)17)20-13(18)6-16/h5,11H,3-4,6H2,1-2H3,(H2,18,20)(H,19,21). The lowest BCUT2D eigenvalue weighted by atomic mass is 9.83. The molecule has 1 aromatic rings. The van der Waals surface area contributed by atoms with E-state index in [9.17, 15) is 14.0 Å². The molecular weight excluding hydrogens is 309 g/mol. The summed E-state index contributed by atoms with van der Waals surface area (Å²) in [7, 11) is 0. The summed E-state index contributed by atoms with van der Waals surface area (Å²) in [5.74, 6) is -0.924. The maximum absolute atomic E-state index is 14.0. The molecule has 3 N–H and O–H groups in total. The Hall–Kier alpha value is -1.95. The van der Waals surface area contributed by atoms with Gasteiger partial charge in [0.15, 0.2) is 5.78 Å². The Balaban J connectivity index is 2.58. The van der Waals surface area contributed by atoms with Crippen LogP contribution in [0.4, 0.5) is 10.1 Å². The number of carbonyl (C=O) groups excluding carboxylic acids is 2. The van der Waals surface area contributed by atoms with Crippen LogP contribution < -0.4 is 11.1 Å². The zero-order valence-corrected chi connectivity index (χ0v) is 13.1. The quantitative estimate of drug-likeness (QED) is 0.506. The summed E-state index contributed by atoms with van der Waals surface area (Å²) in [6.07, 6.45) is 0.919. The number of amidine groups is 1. The molecule has 0 fully saturated rings. The molecule has 2 rings (SSSR count). The molecule has 118 valence electrons. The molecule has 0 saturated heterocycles. The van der Waals surface area contributed by atoms with Crippen LogP contribution in [0.25, 0.3) is 0 Å². The van der Waals surface area contributed by atoms with E-state index < -0.39 is 11.9 Å². The highest BCUT2D eigenvalue weighted by atomic mass is 35.5. The molecular formula is C15H17ClFN3O2. The number of carbonyl (C=O) groups is 2. The summed E-state index contributed by atoms with van der Waals surface area (Å²) < 4.78 is 14.0. The van der Waals surface area contributed by atoms with Crippen molar-refractivity contribution < 1.29 is 14.0 Å². The molecule has 1 amide bonds. The van der Waals surface area contributed by atoms with Crippen molar-refractivity contribution in [3.8, 4) is 0 Å².